The van der Waals surface area contributed by atoms with Crippen LogP contribution in [0, 0.1) is 6.92 Å². The Balaban J connectivity index is 1.32. The molecule has 1 saturated heterocycles. The average Bonchev–Trinajstić information content (AvgIpc) is 3.16. The maximum Gasteiger partial charge on any atom is 0.405 e. The number of aromatic nitrogens is 5. The summed E-state index contributed by atoms with van der Waals surface area (Å²) >= 11 is 0. The minimum absolute atomic E-state index is 0.146. The largest absolute Gasteiger partial charge is 0.465 e. The highest BCUT2D eigenvalue weighted by molar-refractivity contribution is 5.92. The Morgan fingerprint density at radius 2 is 2.00 bits per heavy atom. The molecule has 0 atom stereocenters. The van der Waals surface area contributed by atoms with Gasteiger partial charge < -0.3 is 25.5 Å². The van der Waals surface area contributed by atoms with Crippen LogP contribution in [-0.2, 0) is 4.79 Å². The molecule has 1 saturated carbocycles. The van der Waals surface area contributed by atoms with Crippen molar-refractivity contribution in [3.8, 4) is 0 Å². The highest BCUT2D eigenvalue weighted by Gasteiger charge is 2.53. The Morgan fingerprint density at radius 1 is 1.23 bits per heavy atom. The number of nitrogens with one attached hydrogen (secondary N) is 3. The van der Waals surface area contributed by atoms with Crippen molar-refractivity contribution in [3.63, 3.8) is 0 Å². The number of hydrogen-bond donors (Lipinski definition) is 4. The summed E-state index contributed by atoms with van der Waals surface area (Å²) in [5.74, 6) is 1.71. The second-order valence-corrected chi connectivity index (χ2v) is 7.95. The van der Waals surface area contributed by atoms with Crippen LogP contribution in [0.5, 0.6) is 0 Å². The molecule has 0 spiro atoms. The number of aryl methyl sites for hydroxylation is 1. The molecule has 4 heterocycles. The van der Waals surface area contributed by atoms with E-state index in [4.69, 9.17) is 10.1 Å². The van der Waals surface area contributed by atoms with Crippen molar-refractivity contribution in [3.05, 3.63) is 30.1 Å². The zero-order valence-corrected chi connectivity index (χ0v) is 17.0. The number of fused-ring (bicyclic) bond motifs is 1. The third kappa shape index (κ3) is 3.60. The second-order valence-electron chi connectivity index (χ2n) is 7.95. The molecule has 0 unspecified atom stereocenters. The molecule has 2 fully saturated rings. The standard InChI is InChI=1S/C19H23N9O3/c1-12-11-14(24-23-12)20-15-13-3-2-6-28(13)25-17(21-15)27-9-7-26(8-10-27)16(29)19(4-5-19)22-18(30)31/h2-3,6,11,22H,4-5,7-10H2,1H3,(H,30,31)(H2,20,21,23,24,25). The van der Waals surface area contributed by atoms with E-state index in [2.05, 4.69) is 25.9 Å². The van der Waals surface area contributed by atoms with Gasteiger partial charge in [-0.2, -0.15) is 10.1 Å². The Morgan fingerprint density at radius 3 is 2.65 bits per heavy atom. The Kier molecular flexibility index (Phi) is 4.41. The summed E-state index contributed by atoms with van der Waals surface area (Å²) in [5, 5.41) is 26.4. The molecule has 12 nitrogen and oxygen atoms in total. The molecule has 2 amide bonds. The number of nitrogens with zero attached hydrogens (tertiary/aromatic N) is 6. The zero-order chi connectivity index (χ0) is 21.6. The van der Waals surface area contributed by atoms with Crippen molar-refractivity contribution in [2.45, 2.75) is 25.3 Å². The summed E-state index contributed by atoms with van der Waals surface area (Å²) in [6, 6.07) is 5.72. The van der Waals surface area contributed by atoms with Crippen LogP contribution in [-0.4, -0.2) is 78.5 Å². The summed E-state index contributed by atoms with van der Waals surface area (Å²) in [7, 11) is 0. The van der Waals surface area contributed by atoms with Crippen LogP contribution in [0.1, 0.15) is 18.5 Å². The van der Waals surface area contributed by atoms with Gasteiger partial charge >= 0.3 is 6.09 Å². The molecule has 5 rings (SSSR count). The first-order valence-electron chi connectivity index (χ1n) is 10.1. The van der Waals surface area contributed by atoms with Gasteiger partial charge in [0.25, 0.3) is 0 Å². The third-order valence-electron chi connectivity index (χ3n) is 5.69. The first kappa shape index (κ1) is 19.2. The first-order valence-corrected chi connectivity index (χ1v) is 10.1. The first-order chi connectivity index (χ1) is 14.9. The van der Waals surface area contributed by atoms with Crippen LogP contribution in [0.2, 0.25) is 0 Å². The third-order valence-corrected chi connectivity index (χ3v) is 5.69. The number of carbonyl (C=O) groups excluding carboxylic acids is 1. The lowest BCUT2D eigenvalue weighted by Crippen LogP contribution is -2.56. The van der Waals surface area contributed by atoms with Crippen LogP contribution >= 0.6 is 0 Å². The molecule has 31 heavy (non-hydrogen) atoms. The van der Waals surface area contributed by atoms with Crippen LogP contribution in [0.3, 0.4) is 0 Å². The van der Waals surface area contributed by atoms with Gasteiger partial charge in [0.05, 0.1) is 0 Å². The average molecular weight is 425 g/mol. The number of carboxylic acid groups (broad SMARTS) is 1. The Labute approximate surface area is 177 Å². The number of rotatable bonds is 5. The molecule has 2 aliphatic rings. The zero-order valence-electron chi connectivity index (χ0n) is 17.0. The molecule has 0 aromatic carbocycles. The van der Waals surface area contributed by atoms with E-state index in [-0.39, 0.29) is 5.91 Å². The quantitative estimate of drug-likeness (QED) is 0.473. The number of aromatic amines is 1. The van der Waals surface area contributed by atoms with E-state index >= 15 is 0 Å². The molecule has 0 radical (unpaired) electrons. The van der Waals surface area contributed by atoms with E-state index in [1.54, 1.807) is 9.42 Å². The summed E-state index contributed by atoms with van der Waals surface area (Å²) in [4.78, 5) is 32.2. The fourth-order valence-corrected chi connectivity index (χ4v) is 3.89. The lowest BCUT2D eigenvalue weighted by molar-refractivity contribution is -0.134. The summed E-state index contributed by atoms with van der Waals surface area (Å²) < 4.78 is 1.76. The smallest absolute Gasteiger partial charge is 0.405 e. The van der Waals surface area contributed by atoms with Crippen LogP contribution in [0.25, 0.3) is 5.52 Å². The molecule has 3 aromatic rings. The summed E-state index contributed by atoms with van der Waals surface area (Å²) in [6.07, 6.45) is 1.79. The van der Waals surface area contributed by atoms with Crippen molar-refractivity contribution in [1.29, 1.82) is 0 Å². The molecule has 162 valence electrons. The number of anilines is 3. The minimum atomic E-state index is -1.16. The van der Waals surface area contributed by atoms with Crippen molar-refractivity contribution in [1.82, 2.24) is 35.0 Å². The molecule has 4 N–H and O–H groups in total. The number of amides is 2. The van der Waals surface area contributed by atoms with E-state index in [0.29, 0.717) is 56.6 Å². The van der Waals surface area contributed by atoms with Crippen LogP contribution in [0.15, 0.2) is 24.4 Å². The fourth-order valence-electron chi connectivity index (χ4n) is 3.89. The number of H-pyrrole nitrogens is 1. The summed E-state index contributed by atoms with van der Waals surface area (Å²) in [5.41, 5.74) is 0.830. The highest BCUT2D eigenvalue weighted by atomic mass is 16.4. The van der Waals surface area contributed by atoms with E-state index in [1.807, 2.05) is 36.2 Å². The van der Waals surface area contributed by atoms with Gasteiger partial charge in [-0.05, 0) is 31.9 Å². The number of piperazine rings is 1. The Hall–Kier alpha value is -3.83. The Bertz CT molecular complexity index is 1140. The number of carbonyl (C=O) groups is 2. The van der Waals surface area contributed by atoms with Crippen molar-refractivity contribution >= 4 is 35.1 Å². The minimum Gasteiger partial charge on any atom is -0.465 e. The predicted octanol–water partition coefficient (Wildman–Crippen LogP) is 0.953. The van der Waals surface area contributed by atoms with Crippen molar-refractivity contribution in [2.24, 2.45) is 0 Å². The van der Waals surface area contributed by atoms with E-state index in [1.165, 1.54) is 0 Å². The van der Waals surface area contributed by atoms with Crippen molar-refractivity contribution < 1.29 is 14.7 Å². The lowest BCUT2D eigenvalue weighted by Gasteiger charge is -2.36. The van der Waals surface area contributed by atoms with Gasteiger partial charge in [-0.25, -0.2) is 9.31 Å². The second kappa shape index (κ2) is 7.15. The normalized spacial score (nSPS) is 17.6. The highest BCUT2D eigenvalue weighted by Crippen LogP contribution is 2.37. The van der Waals surface area contributed by atoms with Crippen LogP contribution in [0.4, 0.5) is 22.4 Å². The molecule has 1 aliphatic heterocycles. The van der Waals surface area contributed by atoms with Gasteiger partial charge in [0.1, 0.15) is 11.1 Å². The predicted molar refractivity (Wildman–Crippen MR) is 112 cm³/mol. The SMILES string of the molecule is Cc1cc(Nc2nc(N3CCN(C(=O)C4(NC(=O)O)CC4)CC3)nn3cccc23)n[nH]1. The molecule has 12 heteroatoms. The van der Waals surface area contributed by atoms with Crippen molar-refractivity contribution in [2.75, 3.05) is 36.4 Å². The topological polar surface area (TPSA) is 144 Å². The van der Waals surface area contributed by atoms with Gasteiger partial charge in [-0.1, -0.05) is 0 Å². The monoisotopic (exact) mass is 425 g/mol. The van der Waals surface area contributed by atoms with Gasteiger partial charge in [-0.3, -0.25) is 9.89 Å². The number of hydrogen-bond acceptors (Lipinski definition) is 7. The van der Waals surface area contributed by atoms with Crippen LogP contribution < -0.4 is 15.5 Å². The van der Waals surface area contributed by atoms with E-state index < -0.39 is 11.6 Å². The lowest BCUT2D eigenvalue weighted by atomic mass is 10.2. The molecular formula is C19H23N9O3. The van der Waals surface area contributed by atoms with E-state index in [0.717, 1.165) is 11.2 Å². The van der Waals surface area contributed by atoms with Gasteiger partial charge in [0.15, 0.2) is 11.6 Å². The maximum absolute atomic E-state index is 12.8. The van der Waals surface area contributed by atoms with Gasteiger partial charge in [-0.15, -0.1) is 5.10 Å². The summed E-state index contributed by atoms with van der Waals surface area (Å²) in [6.45, 7) is 4.01. The fraction of sp³-hybridized carbons (Fsp3) is 0.421. The molecule has 0 bridgehead atoms. The van der Waals surface area contributed by atoms with Gasteiger partial charge in [0.2, 0.25) is 11.9 Å². The van der Waals surface area contributed by atoms with Gasteiger partial charge in [0, 0.05) is 44.1 Å². The molecule has 3 aromatic heterocycles. The molecule has 1 aliphatic carbocycles. The molecular weight excluding hydrogens is 402 g/mol. The maximum atomic E-state index is 12.8. The van der Waals surface area contributed by atoms with E-state index in [9.17, 15) is 9.59 Å².